The molecule has 1 fully saturated rings. The lowest BCUT2D eigenvalue weighted by Crippen LogP contribution is -2.30. The summed E-state index contributed by atoms with van der Waals surface area (Å²) in [6, 6.07) is 13.8. The van der Waals surface area contributed by atoms with Gasteiger partial charge in [0.15, 0.2) is 0 Å². The fourth-order valence-corrected chi connectivity index (χ4v) is 2.71. The molecule has 3 rings (SSSR count). The van der Waals surface area contributed by atoms with Crippen LogP contribution in [0.3, 0.4) is 0 Å². The summed E-state index contributed by atoms with van der Waals surface area (Å²) in [6.07, 6.45) is 3.08. The predicted octanol–water partition coefficient (Wildman–Crippen LogP) is 3.04. The Balaban J connectivity index is 1.64. The first-order chi connectivity index (χ1) is 12.5. The summed E-state index contributed by atoms with van der Waals surface area (Å²) < 4.78 is 0. The smallest absolute Gasteiger partial charge is 0.324 e. The van der Waals surface area contributed by atoms with Gasteiger partial charge in [-0.05, 0) is 41.5 Å². The zero-order valence-corrected chi connectivity index (χ0v) is 14.5. The molecule has 1 aliphatic heterocycles. The van der Waals surface area contributed by atoms with Gasteiger partial charge in [-0.3, -0.25) is 14.5 Å². The maximum atomic E-state index is 12.1. The van der Waals surface area contributed by atoms with E-state index >= 15 is 0 Å². The summed E-state index contributed by atoms with van der Waals surface area (Å²) in [4.78, 5) is 36.5. The molecule has 0 bridgehead atoms. The van der Waals surface area contributed by atoms with E-state index in [2.05, 4.69) is 10.6 Å². The monoisotopic (exact) mass is 369 g/mol. The third kappa shape index (κ3) is 4.49. The number of carbonyl (C=O) groups excluding carboxylic acids is 3. The molecule has 0 radical (unpaired) electrons. The van der Waals surface area contributed by atoms with Crippen LogP contribution in [-0.2, 0) is 16.1 Å². The van der Waals surface area contributed by atoms with E-state index in [0.29, 0.717) is 10.7 Å². The molecule has 6 nitrogen and oxygen atoms in total. The lowest BCUT2D eigenvalue weighted by molar-refractivity contribution is -0.125. The molecular weight excluding hydrogens is 354 g/mol. The largest absolute Gasteiger partial charge is 0.329 e. The van der Waals surface area contributed by atoms with Crippen molar-refractivity contribution in [3.63, 3.8) is 0 Å². The molecule has 0 unspecified atom stereocenters. The van der Waals surface area contributed by atoms with Crippen LogP contribution in [-0.4, -0.2) is 29.3 Å². The molecule has 0 aliphatic carbocycles. The van der Waals surface area contributed by atoms with Crippen molar-refractivity contribution in [3.8, 4) is 0 Å². The number of nitrogens with zero attached hydrogens (tertiary/aromatic N) is 1. The topological polar surface area (TPSA) is 78.5 Å². The van der Waals surface area contributed by atoms with Gasteiger partial charge in [0, 0.05) is 16.8 Å². The van der Waals surface area contributed by atoms with Gasteiger partial charge in [-0.2, -0.15) is 0 Å². The van der Waals surface area contributed by atoms with Gasteiger partial charge < -0.3 is 10.6 Å². The standard InChI is InChI=1S/C19H16ClN3O3/c20-15-5-1-3-13(9-15)7-8-17(24)22-16-6-2-4-14(10-16)12-23-18(25)11-21-19(23)26/h1-10H,11-12H2,(H,21,26)(H,22,24)/b8-7+. The van der Waals surface area contributed by atoms with Crippen molar-refractivity contribution in [2.24, 2.45) is 0 Å². The molecule has 2 aromatic rings. The molecule has 0 aromatic heterocycles. The maximum Gasteiger partial charge on any atom is 0.324 e. The molecule has 2 N–H and O–H groups in total. The number of nitrogens with one attached hydrogen (secondary N) is 2. The van der Waals surface area contributed by atoms with Crippen LogP contribution < -0.4 is 10.6 Å². The lowest BCUT2D eigenvalue weighted by atomic mass is 10.2. The van der Waals surface area contributed by atoms with Crippen molar-refractivity contribution in [2.45, 2.75) is 6.54 Å². The van der Waals surface area contributed by atoms with E-state index in [9.17, 15) is 14.4 Å². The molecule has 7 heteroatoms. The van der Waals surface area contributed by atoms with Crippen LogP contribution in [0.2, 0.25) is 5.02 Å². The van der Waals surface area contributed by atoms with Crippen molar-refractivity contribution in [1.82, 2.24) is 10.2 Å². The van der Waals surface area contributed by atoms with Gasteiger partial charge in [0.05, 0.1) is 13.1 Å². The number of anilines is 1. The van der Waals surface area contributed by atoms with Crippen molar-refractivity contribution >= 4 is 41.2 Å². The number of imide groups is 1. The number of rotatable bonds is 5. The number of benzene rings is 2. The highest BCUT2D eigenvalue weighted by Gasteiger charge is 2.28. The van der Waals surface area contributed by atoms with Crippen LogP contribution in [0.5, 0.6) is 0 Å². The van der Waals surface area contributed by atoms with Gasteiger partial charge in [0.25, 0.3) is 0 Å². The zero-order chi connectivity index (χ0) is 18.5. The molecule has 0 atom stereocenters. The van der Waals surface area contributed by atoms with Crippen molar-refractivity contribution in [1.29, 1.82) is 0 Å². The van der Waals surface area contributed by atoms with E-state index in [1.54, 1.807) is 48.5 Å². The number of urea groups is 1. The highest BCUT2D eigenvalue weighted by Crippen LogP contribution is 2.15. The Kier molecular flexibility index (Phi) is 5.34. The summed E-state index contributed by atoms with van der Waals surface area (Å²) in [5.41, 5.74) is 2.14. The summed E-state index contributed by atoms with van der Waals surface area (Å²) in [5, 5.41) is 5.82. The molecular formula is C19H16ClN3O3. The van der Waals surface area contributed by atoms with E-state index in [0.717, 1.165) is 16.0 Å². The second-order valence-electron chi connectivity index (χ2n) is 5.72. The van der Waals surface area contributed by atoms with Crippen LogP contribution in [0.25, 0.3) is 6.08 Å². The summed E-state index contributed by atoms with van der Waals surface area (Å²) in [5.74, 6) is -0.564. The van der Waals surface area contributed by atoms with Crippen molar-refractivity contribution in [3.05, 3.63) is 70.8 Å². The highest BCUT2D eigenvalue weighted by molar-refractivity contribution is 6.30. The van der Waals surface area contributed by atoms with E-state index in [-0.39, 0.29) is 24.9 Å². The summed E-state index contributed by atoms with van der Waals surface area (Å²) >= 11 is 5.91. The normalized spacial score (nSPS) is 14.0. The first-order valence-corrected chi connectivity index (χ1v) is 8.31. The van der Waals surface area contributed by atoms with Gasteiger partial charge in [-0.1, -0.05) is 35.9 Å². The van der Waals surface area contributed by atoms with Crippen LogP contribution in [0, 0.1) is 0 Å². The summed E-state index contributed by atoms with van der Waals surface area (Å²) in [7, 11) is 0. The Bertz CT molecular complexity index is 879. The molecule has 1 saturated heterocycles. The minimum absolute atomic E-state index is 0.0174. The predicted molar refractivity (Wildman–Crippen MR) is 99.5 cm³/mol. The molecule has 1 aliphatic rings. The Hall–Kier alpha value is -3.12. The molecule has 26 heavy (non-hydrogen) atoms. The molecule has 132 valence electrons. The minimum atomic E-state index is -0.408. The van der Waals surface area contributed by atoms with Gasteiger partial charge in [0.2, 0.25) is 11.8 Å². The average Bonchev–Trinajstić information content (AvgIpc) is 2.92. The maximum absolute atomic E-state index is 12.1. The van der Waals surface area contributed by atoms with Crippen LogP contribution in [0.1, 0.15) is 11.1 Å². The van der Waals surface area contributed by atoms with Gasteiger partial charge in [-0.25, -0.2) is 4.79 Å². The Labute approximate surface area is 155 Å². The number of hydrogen-bond donors (Lipinski definition) is 2. The van der Waals surface area contributed by atoms with E-state index < -0.39 is 6.03 Å². The molecule has 2 aromatic carbocycles. The third-order valence-electron chi connectivity index (χ3n) is 3.75. The second kappa shape index (κ2) is 7.84. The van der Waals surface area contributed by atoms with Gasteiger partial charge in [0.1, 0.15) is 0 Å². The van der Waals surface area contributed by atoms with Crippen LogP contribution in [0.4, 0.5) is 10.5 Å². The fourth-order valence-electron chi connectivity index (χ4n) is 2.51. The molecule has 1 heterocycles. The Morgan fingerprint density at radius 1 is 1.19 bits per heavy atom. The van der Waals surface area contributed by atoms with Gasteiger partial charge >= 0.3 is 6.03 Å². The first kappa shape index (κ1) is 17.7. The average molecular weight is 370 g/mol. The van der Waals surface area contributed by atoms with E-state index in [1.165, 1.54) is 6.08 Å². The van der Waals surface area contributed by atoms with Crippen LogP contribution >= 0.6 is 11.6 Å². The Morgan fingerprint density at radius 2 is 2.00 bits per heavy atom. The quantitative estimate of drug-likeness (QED) is 0.628. The molecule has 0 spiro atoms. The van der Waals surface area contributed by atoms with E-state index in [1.807, 2.05) is 6.07 Å². The second-order valence-corrected chi connectivity index (χ2v) is 6.15. The molecule has 0 saturated carbocycles. The molecule has 4 amide bonds. The zero-order valence-electron chi connectivity index (χ0n) is 13.7. The summed E-state index contributed by atoms with van der Waals surface area (Å²) in [6.45, 7) is 0.177. The van der Waals surface area contributed by atoms with E-state index in [4.69, 9.17) is 11.6 Å². The Morgan fingerprint density at radius 3 is 2.73 bits per heavy atom. The van der Waals surface area contributed by atoms with Crippen molar-refractivity contribution in [2.75, 3.05) is 11.9 Å². The lowest BCUT2D eigenvalue weighted by Gasteiger charge is -2.13. The fraction of sp³-hybridized carbons (Fsp3) is 0.105. The SMILES string of the molecule is O=C(/C=C/c1cccc(Cl)c1)Nc1cccc(CN2C(=O)CNC2=O)c1. The number of amides is 4. The first-order valence-electron chi connectivity index (χ1n) is 7.93. The third-order valence-corrected chi connectivity index (χ3v) is 3.98. The minimum Gasteiger partial charge on any atom is -0.329 e. The highest BCUT2D eigenvalue weighted by atomic mass is 35.5. The van der Waals surface area contributed by atoms with Crippen LogP contribution in [0.15, 0.2) is 54.6 Å². The number of hydrogen-bond acceptors (Lipinski definition) is 3. The number of carbonyl (C=O) groups is 3. The van der Waals surface area contributed by atoms with Gasteiger partial charge in [-0.15, -0.1) is 0 Å². The van der Waals surface area contributed by atoms with Crippen molar-refractivity contribution < 1.29 is 14.4 Å². The number of halogens is 1.